The van der Waals surface area contributed by atoms with Gasteiger partial charge in [0.1, 0.15) is 12.1 Å². The molecular formula is C30H25N4O3+. The Hall–Kier alpha value is -4.78. The lowest BCUT2D eigenvalue weighted by Crippen LogP contribution is -2.36. The predicted molar refractivity (Wildman–Crippen MR) is 141 cm³/mol. The van der Waals surface area contributed by atoms with Gasteiger partial charge >= 0.3 is 11.6 Å². The summed E-state index contributed by atoms with van der Waals surface area (Å²) in [6.07, 6.45) is 5.30. The third-order valence-corrected chi connectivity index (χ3v) is 6.40. The number of rotatable bonds is 7. The average molecular weight is 490 g/mol. The number of benzene rings is 3. The molecule has 1 amide bonds. The Labute approximate surface area is 213 Å². The van der Waals surface area contributed by atoms with Crippen molar-refractivity contribution in [3.05, 3.63) is 120 Å². The molecule has 2 aromatic heterocycles. The van der Waals surface area contributed by atoms with Gasteiger partial charge in [-0.2, -0.15) is 0 Å². The molecule has 7 nitrogen and oxygen atoms in total. The first-order chi connectivity index (χ1) is 18.2. The first kappa shape index (κ1) is 22.7. The summed E-state index contributed by atoms with van der Waals surface area (Å²) in [7, 11) is 0. The molecule has 1 aliphatic carbocycles. The van der Waals surface area contributed by atoms with Gasteiger partial charge < -0.3 is 14.6 Å². The normalized spacial score (nSPS) is 12.9. The zero-order valence-corrected chi connectivity index (χ0v) is 20.1. The molecule has 0 radical (unpaired) electrons. The van der Waals surface area contributed by atoms with Gasteiger partial charge in [-0.1, -0.05) is 54.6 Å². The smallest absolute Gasteiger partial charge is 0.344 e. The van der Waals surface area contributed by atoms with Gasteiger partial charge in [-0.25, -0.2) is 4.98 Å². The number of aromatic nitrogens is 3. The lowest BCUT2D eigenvalue weighted by Gasteiger charge is -2.11. The van der Waals surface area contributed by atoms with E-state index in [0.29, 0.717) is 27.9 Å². The van der Waals surface area contributed by atoms with E-state index in [1.807, 2.05) is 83.4 Å². The summed E-state index contributed by atoms with van der Waals surface area (Å²) < 4.78 is 8.42. The van der Waals surface area contributed by atoms with Crippen molar-refractivity contribution in [1.29, 1.82) is 0 Å². The number of ether oxygens (including phenoxy) is 1. The molecule has 0 saturated heterocycles. The summed E-state index contributed by atoms with van der Waals surface area (Å²) in [5.41, 5.74) is 5.01. The summed E-state index contributed by atoms with van der Waals surface area (Å²) in [6.45, 7) is 0.455. The Bertz CT molecular complexity index is 1640. The van der Waals surface area contributed by atoms with Gasteiger partial charge in [0, 0.05) is 40.5 Å². The first-order valence-corrected chi connectivity index (χ1v) is 12.3. The van der Waals surface area contributed by atoms with Gasteiger partial charge in [0.25, 0.3) is 5.52 Å². The molecule has 0 unspecified atom stereocenters. The number of nitrogens with one attached hydrogen (secondary N) is 1. The molecule has 2 heterocycles. The van der Waals surface area contributed by atoms with Gasteiger partial charge in [0.05, 0.1) is 10.6 Å². The van der Waals surface area contributed by atoms with E-state index in [2.05, 4.69) is 10.3 Å². The molecule has 37 heavy (non-hydrogen) atoms. The largest absolute Gasteiger partial charge is 0.473 e. The average Bonchev–Trinajstić information content (AvgIpc) is 3.77. The third kappa shape index (κ3) is 4.84. The number of pyridine rings is 1. The fraction of sp³-hybridized carbons (Fsp3) is 0.133. The Morgan fingerprint density at radius 3 is 2.54 bits per heavy atom. The third-order valence-electron chi connectivity index (χ3n) is 6.40. The monoisotopic (exact) mass is 489 g/mol. The molecule has 0 bridgehead atoms. The van der Waals surface area contributed by atoms with Crippen molar-refractivity contribution in [2.45, 2.75) is 25.5 Å². The number of amides is 1. The second kappa shape index (κ2) is 9.70. The number of fused-ring (bicyclic) bond motifs is 1. The zero-order valence-electron chi connectivity index (χ0n) is 20.1. The minimum Gasteiger partial charge on any atom is -0.473 e. The van der Waals surface area contributed by atoms with E-state index in [0.717, 1.165) is 35.2 Å². The topological polar surface area (TPSA) is 79.1 Å². The van der Waals surface area contributed by atoms with Gasteiger partial charge in [-0.05, 0) is 48.2 Å². The number of para-hydroxylation sites is 2. The van der Waals surface area contributed by atoms with Crippen LogP contribution in [-0.2, 0) is 6.61 Å². The van der Waals surface area contributed by atoms with Crippen molar-refractivity contribution in [1.82, 2.24) is 14.9 Å². The molecule has 7 heteroatoms. The van der Waals surface area contributed by atoms with Gasteiger partial charge in [-0.15, -0.1) is 0 Å². The number of carbonyl (C=O) groups excluding carboxylic acids is 1. The Kier molecular flexibility index (Phi) is 5.94. The van der Waals surface area contributed by atoms with Crippen LogP contribution in [0.4, 0.5) is 0 Å². The molecule has 6 rings (SSSR count). The summed E-state index contributed by atoms with van der Waals surface area (Å²) in [4.78, 5) is 30.4. The lowest BCUT2D eigenvalue weighted by atomic mass is 10.1. The Morgan fingerprint density at radius 2 is 1.76 bits per heavy atom. The van der Waals surface area contributed by atoms with Gasteiger partial charge in [0.15, 0.2) is 0 Å². The van der Waals surface area contributed by atoms with Crippen molar-refractivity contribution >= 4 is 16.9 Å². The highest BCUT2D eigenvalue weighted by Gasteiger charge is 2.30. The quantitative estimate of drug-likeness (QED) is 0.324. The highest BCUT2D eigenvalue weighted by molar-refractivity contribution is 5.92. The van der Waals surface area contributed by atoms with Crippen LogP contribution in [-0.4, -0.2) is 21.5 Å². The highest BCUT2D eigenvalue weighted by atomic mass is 16.5. The lowest BCUT2D eigenvalue weighted by molar-refractivity contribution is -0.467. The van der Waals surface area contributed by atoms with Crippen molar-refractivity contribution in [2.75, 3.05) is 0 Å². The number of carbonyl (C=O) groups is 1. The van der Waals surface area contributed by atoms with Crippen LogP contribution in [0.25, 0.3) is 27.8 Å². The van der Waals surface area contributed by atoms with E-state index in [4.69, 9.17) is 4.74 Å². The van der Waals surface area contributed by atoms with Crippen LogP contribution >= 0.6 is 0 Å². The van der Waals surface area contributed by atoms with Crippen LogP contribution < -0.4 is 14.5 Å². The molecule has 182 valence electrons. The fourth-order valence-electron chi connectivity index (χ4n) is 4.27. The summed E-state index contributed by atoms with van der Waals surface area (Å²) >= 11 is 0. The van der Waals surface area contributed by atoms with Crippen LogP contribution in [0.1, 0.15) is 28.9 Å². The molecule has 1 N–H and O–H groups in total. The fourth-order valence-corrected chi connectivity index (χ4v) is 4.27. The summed E-state index contributed by atoms with van der Waals surface area (Å²) in [5.74, 6) is 0.196. The van der Waals surface area contributed by atoms with Crippen molar-refractivity contribution < 1.29 is 14.0 Å². The van der Waals surface area contributed by atoms with E-state index in [1.54, 1.807) is 24.5 Å². The number of hydrogen-bond donors (Lipinski definition) is 1. The van der Waals surface area contributed by atoms with Crippen LogP contribution in [0.3, 0.4) is 0 Å². The maximum Gasteiger partial charge on any atom is 0.344 e. The predicted octanol–water partition coefficient (Wildman–Crippen LogP) is 5.08. The van der Waals surface area contributed by atoms with E-state index < -0.39 is 0 Å². The maximum atomic E-state index is 13.0. The Balaban J connectivity index is 1.32. The van der Waals surface area contributed by atoms with Crippen LogP contribution in [0, 0.1) is 4.91 Å². The molecular weight excluding hydrogens is 464 g/mol. The van der Waals surface area contributed by atoms with Crippen molar-refractivity contribution in [2.24, 2.45) is 0 Å². The van der Waals surface area contributed by atoms with E-state index in [1.165, 1.54) is 0 Å². The maximum absolute atomic E-state index is 13.0. The molecule has 1 saturated carbocycles. The molecule has 1 fully saturated rings. The molecule has 1 aliphatic rings. The van der Waals surface area contributed by atoms with Crippen LogP contribution in [0.15, 0.2) is 103 Å². The van der Waals surface area contributed by atoms with Gasteiger partial charge in [0.2, 0.25) is 5.88 Å². The Morgan fingerprint density at radius 1 is 0.946 bits per heavy atom. The second-order valence-electron chi connectivity index (χ2n) is 9.12. The summed E-state index contributed by atoms with van der Waals surface area (Å²) in [5, 5.41) is 2.92. The van der Waals surface area contributed by atoms with E-state index in [-0.39, 0.29) is 17.6 Å². The number of nitrogens with zero attached hydrogens (tertiary/aromatic N) is 3. The second-order valence-corrected chi connectivity index (χ2v) is 9.12. The first-order valence-electron chi connectivity index (χ1n) is 12.3. The van der Waals surface area contributed by atoms with Crippen LogP contribution in [0.5, 0.6) is 5.88 Å². The van der Waals surface area contributed by atoms with Crippen molar-refractivity contribution in [3.63, 3.8) is 0 Å². The zero-order chi connectivity index (χ0) is 25.2. The number of hydrogen-bond acceptors (Lipinski definition) is 4. The van der Waals surface area contributed by atoms with Gasteiger partial charge in [-0.3, -0.25) is 4.79 Å². The van der Waals surface area contributed by atoms with E-state index >= 15 is 0 Å². The molecule has 3 aromatic carbocycles. The molecule has 5 aromatic rings. The van der Waals surface area contributed by atoms with E-state index in [9.17, 15) is 9.70 Å². The van der Waals surface area contributed by atoms with Crippen LogP contribution in [0.2, 0.25) is 0 Å². The summed E-state index contributed by atoms with van der Waals surface area (Å²) in [6, 6.07) is 29.2. The minimum absolute atomic E-state index is 0.0672. The molecule has 0 aliphatic heterocycles. The minimum atomic E-state index is -0.358. The van der Waals surface area contributed by atoms with Crippen molar-refractivity contribution in [3.8, 4) is 22.7 Å². The highest BCUT2D eigenvalue weighted by Crippen LogP contribution is 2.25. The standard InChI is InChI=1S/C30H24N4O3/c35-30(32-24-14-15-24)28-19-33(26-11-4-5-12-27(26)34(28)36)25-10-6-9-22(17-25)23-13-16-29(31-18-23)37-20-21-7-2-1-3-8-21/h1-13,16-19,24H,14-15,20H2/p+1. The molecule has 0 spiro atoms. The SMILES string of the molecule is O=C(NC1CC1)c1cn(-c2cccc(-c3ccc(OCc4ccccc4)nc3)c2)c2ccccc2[n+]1=O. The molecule has 0 atom stereocenters.